The van der Waals surface area contributed by atoms with E-state index in [0.29, 0.717) is 12.1 Å². The molecule has 2 rings (SSSR count). The smallest absolute Gasteiger partial charge is 0.313 e. The fourth-order valence-corrected chi connectivity index (χ4v) is 3.73. The van der Waals surface area contributed by atoms with E-state index in [9.17, 15) is 13.2 Å². The molecule has 1 aliphatic rings. The van der Waals surface area contributed by atoms with Gasteiger partial charge in [-0.05, 0) is 44.0 Å². The van der Waals surface area contributed by atoms with Crippen molar-refractivity contribution in [2.45, 2.75) is 49.7 Å². The van der Waals surface area contributed by atoms with Gasteiger partial charge < -0.3 is 5.32 Å². The Kier molecular flexibility index (Phi) is 4.40. The number of fused-ring (bicyclic) bond motifs is 1. The van der Waals surface area contributed by atoms with Crippen molar-refractivity contribution < 1.29 is 13.2 Å². The maximum absolute atomic E-state index is 13.7. The number of hydrogen-bond donors (Lipinski definition) is 1. The number of alkyl halides is 3. The van der Waals surface area contributed by atoms with Crippen molar-refractivity contribution in [3.05, 3.63) is 29.3 Å². The highest BCUT2D eigenvalue weighted by Crippen LogP contribution is 2.45. The lowest BCUT2D eigenvalue weighted by Crippen LogP contribution is -2.54. The fourth-order valence-electron chi connectivity index (χ4n) is 2.68. The Hall–Kier alpha value is -0.680. The zero-order valence-electron chi connectivity index (χ0n) is 12.0. The molecule has 1 N–H and O–H groups in total. The average Bonchev–Trinajstić information content (AvgIpc) is 2.83. The Morgan fingerprint density at radius 2 is 2.05 bits per heavy atom. The third kappa shape index (κ3) is 2.58. The van der Waals surface area contributed by atoms with Crippen LogP contribution in [-0.4, -0.2) is 24.5 Å². The van der Waals surface area contributed by atoms with Gasteiger partial charge in [0, 0.05) is 16.7 Å². The third-order valence-corrected chi connectivity index (χ3v) is 5.37. The van der Waals surface area contributed by atoms with Crippen molar-refractivity contribution >= 4 is 11.8 Å². The van der Waals surface area contributed by atoms with E-state index in [1.165, 1.54) is 6.92 Å². The molecular weight excluding hydrogens is 283 g/mol. The molecule has 0 bridgehead atoms. The van der Waals surface area contributed by atoms with Crippen molar-refractivity contribution in [2.75, 3.05) is 12.3 Å². The summed E-state index contributed by atoms with van der Waals surface area (Å²) in [6.07, 6.45) is -3.42. The van der Waals surface area contributed by atoms with Gasteiger partial charge in [0.1, 0.15) is 5.41 Å². The minimum atomic E-state index is -4.28. The topological polar surface area (TPSA) is 12.0 Å². The molecule has 0 amide bonds. The second kappa shape index (κ2) is 5.60. The van der Waals surface area contributed by atoms with Crippen LogP contribution in [0.4, 0.5) is 13.2 Å². The quantitative estimate of drug-likeness (QED) is 0.896. The van der Waals surface area contributed by atoms with Crippen LogP contribution in [0.1, 0.15) is 31.9 Å². The number of aryl methyl sites for hydroxylation is 1. The Morgan fingerprint density at radius 3 is 2.65 bits per heavy atom. The number of rotatable bonds is 4. The molecule has 0 fully saturated rings. The molecular formula is C15H20F3NS. The number of hydrogen-bond acceptors (Lipinski definition) is 2. The molecule has 0 saturated heterocycles. The molecule has 112 valence electrons. The van der Waals surface area contributed by atoms with Crippen LogP contribution in [0.25, 0.3) is 0 Å². The highest BCUT2D eigenvalue weighted by atomic mass is 32.2. The van der Waals surface area contributed by atoms with E-state index < -0.39 is 17.6 Å². The second-order valence-electron chi connectivity index (χ2n) is 5.40. The van der Waals surface area contributed by atoms with Crippen LogP contribution < -0.4 is 5.32 Å². The third-order valence-electron chi connectivity index (χ3n) is 4.25. The molecule has 1 heterocycles. The van der Waals surface area contributed by atoms with Gasteiger partial charge in [-0.1, -0.05) is 19.1 Å². The van der Waals surface area contributed by atoms with E-state index in [0.717, 1.165) is 22.6 Å². The maximum Gasteiger partial charge on any atom is 0.399 e. The Bertz CT molecular complexity index is 486. The predicted molar refractivity (Wildman–Crippen MR) is 77.4 cm³/mol. The van der Waals surface area contributed by atoms with Crippen LogP contribution in [0.2, 0.25) is 0 Å². The molecule has 0 saturated carbocycles. The number of likely N-dealkylation sites (N-methyl/N-ethyl adjacent to an activating group) is 1. The number of halogens is 3. The first-order valence-corrected chi connectivity index (χ1v) is 7.85. The minimum absolute atomic E-state index is 0.361. The van der Waals surface area contributed by atoms with E-state index >= 15 is 0 Å². The summed E-state index contributed by atoms with van der Waals surface area (Å²) >= 11 is 1.72. The van der Waals surface area contributed by atoms with E-state index in [1.807, 2.05) is 13.0 Å². The average molecular weight is 303 g/mol. The highest BCUT2D eigenvalue weighted by molar-refractivity contribution is 7.99. The highest BCUT2D eigenvalue weighted by Gasteiger charge is 2.55. The van der Waals surface area contributed by atoms with Gasteiger partial charge >= 0.3 is 6.18 Å². The zero-order chi connectivity index (χ0) is 15.0. The molecule has 2 unspecified atom stereocenters. The van der Waals surface area contributed by atoms with Gasteiger partial charge in [-0.2, -0.15) is 13.2 Å². The fraction of sp³-hybridized carbons (Fsp3) is 0.600. The molecule has 0 aliphatic carbocycles. The maximum atomic E-state index is 13.7. The van der Waals surface area contributed by atoms with Gasteiger partial charge in [0.2, 0.25) is 0 Å². The lowest BCUT2D eigenvalue weighted by atomic mass is 9.75. The molecule has 1 aromatic carbocycles. The van der Waals surface area contributed by atoms with Gasteiger partial charge in [0.05, 0.1) is 0 Å². The molecule has 20 heavy (non-hydrogen) atoms. The summed E-state index contributed by atoms with van der Waals surface area (Å²) in [7, 11) is 0. The standard InChI is InChI=1S/C15H20F3NS/c1-4-19-10(2)14(3,15(16,17)18)12-5-6-13-11(9-12)7-8-20-13/h5-6,9-10,19H,4,7-8H2,1-3H3. The van der Waals surface area contributed by atoms with Crippen molar-refractivity contribution in [3.8, 4) is 0 Å². The lowest BCUT2D eigenvalue weighted by molar-refractivity contribution is -0.193. The molecule has 1 aromatic rings. The van der Waals surface area contributed by atoms with E-state index in [2.05, 4.69) is 5.32 Å². The van der Waals surface area contributed by atoms with E-state index in [1.54, 1.807) is 30.8 Å². The summed E-state index contributed by atoms with van der Waals surface area (Å²) in [6.45, 7) is 5.25. The van der Waals surface area contributed by atoms with Crippen molar-refractivity contribution in [2.24, 2.45) is 0 Å². The molecule has 0 spiro atoms. The van der Waals surface area contributed by atoms with Crippen LogP contribution in [0.15, 0.2) is 23.1 Å². The van der Waals surface area contributed by atoms with Gasteiger partial charge in [-0.25, -0.2) is 0 Å². The first-order chi connectivity index (χ1) is 9.30. The van der Waals surface area contributed by atoms with Gasteiger partial charge in [0.15, 0.2) is 0 Å². The van der Waals surface area contributed by atoms with Crippen molar-refractivity contribution in [3.63, 3.8) is 0 Å². The largest absolute Gasteiger partial charge is 0.399 e. The van der Waals surface area contributed by atoms with Crippen LogP contribution in [0.3, 0.4) is 0 Å². The van der Waals surface area contributed by atoms with Crippen molar-refractivity contribution in [1.29, 1.82) is 0 Å². The van der Waals surface area contributed by atoms with Crippen LogP contribution >= 0.6 is 11.8 Å². The zero-order valence-corrected chi connectivity index (χ0v) is 12.8. The summed E-state index contributed by atoms with van der Waals surface area (Å²) in [5, 5.41) is 2.93. The lowest BCUT2D eigenvalue weighted by Gasteiger charge is -2.38. The molecule has 1 aliphatic heterocycles. The Labute approximate surface area is 122 Å². The summed E-state index contributed by atoms with van der Waals surface area (Å²) in [5.74, 6) is 0.963. The van der Waals surface area contributed by atoms with E-state index in [4.69, 9.17) is 0 Å². The Morgan fingerprint density at radius 1 is 1.35 bits per heavy atom. The Balaban J connectivity index is 2.46. The van der Waals surface area contributed by atoms with Gasteiger partial charge in [0.25, 0.3) is 0 Å². The van der Waals surface area contributed by atoms with Gasteiger partial charge in [-0.15, -0.1) is 11.8 Å². The molecule has 0 aromatic heterocycles. The number of benzene rings is 1. The first kappa shape index (κ1) is 15.7. The van der Waals surface area contributed by atoms with Crippen molar-refractivity contribution in [1.82, 2.24) is 5.32 Å². The number of thioether (sulfide) groups is 1. The summed E-state index contributed by atoms with van der Waals surface area (Å²) in [4.78, 5) is 1.12. The molecule has 0 radical (unpaired) electrons. The molecule has 5 heteroatoms. The number of nitrogens with one attached hydrogen (secondary N) is 1. The summed E-state index contributed by atoms with van der Waals surface area (Å²) in [5.41, 5.74) is -0.461. The first-order valence-electron chi connectivity index (χ1n) is 6.87. The normalized spacial score (nSPS) is 19.5. The van der Waals surface area contributed by atoms with Crippen LogP contribution in [-0.2, 0) is 11.8 Å². The summed E-state index contributed by atoms with van der Waals surface area (Å²) in [6, 6.07) is 4.56. The van der Waals surface area contributed by atoms with Crippen LogP contribution in [0, 0.1) is 0 Å². The van der Waals surface area contributed by atoms with E-state index in [-0.39, 0.29) is 0 Å². The summed E-state index contributed by atoms with van der Waals surface area (Å²) < 4.78 is 41.0. The SMILES string of the molecule is CCNC(C)C(C)(c1ccc2c(c1)CCS2)C(F)(F)F. The second-order valence-corrected chi connectivity index (χ2v) is 6.54. The van der Waals surface area contributed by atoms with Gasteiger partial charge in [-0.3, -0.25) is 0 Å². The molecule has 1 nitrogen and oxygen atoms in total. The van der Waals surface area contributed by atoms with Crippen LogP contribution in [0.5, 0.6) is 0 Å². The predicted octanol–water partition coefficient (Wildman–Crippen LogP) is 4.15. The molecule has 2 atom stereocenters. The minimum Gasteiger partial charge on any atom is -0.313 e. The monoisotopic (exact) mass is 303 g/mol.